The van der Waals surface area contributed by atoms with Crippen LogP contribution in [0.2, 0.25) is 0 Å². The molecule has 1 saturated carbocycles. The van der Waals surface area contributed by atoms with E-state index in [0.717, 1.165) is 29.7 Å². The van der Waals surface area contributed by atoms with Crippen LogP contribution in [0.25, 0.3) is 22.3 Å². The molecule has 1 aliphatic rings. The lowest BCUT2D eigenvalue weighted by Gasteiger charge is -2.22. The Labute approximate surface area is 204 Å². The highest BCUT2D eigenvalue weighted by Crippen LogP contribution is 2.33. The lowest BCUT2D eigenvalue weighted by Crippen LogP contribution is -2.20. The Hall–Kier alpha value is -2.65. The molecule has 3 aromatic rings. The lowest BCUT2D eigenvalue weighted by atomic mass is 9.92. The minimum atomic E-state index is -0.160. The second kappa shape index (κ2) is 11.7. The van der Waals surface area contributed by atoms with Crippen LogP contribution in [0.15, 0.2) is 54.6 Å². The molecule has 1 fully saturated rings. The summed E-state index contributed by atoms with van der Waals surface area (Å²) in [5.74, 6) is 0.787. The van der Waals surface area contributed by atoms with Crippen molar-refractivity contribution in [3.8, 4) is 28.0 Å². The van der Waals surface area contributed by atoms with Crippen molar-refractivity contribution in [1.29, 1.82) is 0 Å². The van der Waals surface area contributed by atoms with E-state index in [0.29, 0.717) is 24.9 Å². The number of aryl methyl sites for hydroxylation is 3. The molecule has 0 aliphatic heterocycles. The van der Waals surface area contributed by atoms with Gasteiger partial charge in [0.25, 0.3) is 0 Å². The average molecular weight is 461 g/mol. The number of rotatable bonds is 9. The van der Waals surface area contributed by atoms with Crippen molar-refractivity contribution in [1.82, 2.24) is 0 Å². The van der Waals surface area contributed by atoms with Gasteiger partial charge in [-0.05, 0) is 89.8 Å². The summed E-state index contributed by atoms with van der Waals surface area (Å²) >= 11 is 0. The second-order valence-corrected chi connectivity index (χ2v) is 9.34. The van der Waals surface area contributed by atoms with Crippen LogP contribution in [0.4, 0.5) is 4.39 Å². The van der Waals surface area contributed by atoms with E-state index in [-0.39, 0.29) is 5.82 Å². The molecule has 1 aliphatic carbocycles. The minimum Gasteiger partial charge on any atom is -0.491 e. The average Bonchev–Trinajstić information content (AvgIpc) is 2.88. The highest BCUT2D eigenvalue weighted by Gasteiger charge is 2.14. The molecule has 0 spiro atoms. The Morgan fingerprint density at radius 3 is 2.18 bits per heavy atom. The molecule has 0 heterocycles. The third kappa shape index (κ3) is 5.88. The molecule has 0 radical (unpaired) electrons. The molecule has 0 atom stereocenters. The van der Waals surface area contributed by atoms with Gasteiger partial charge in [0.15, 0.2) is 0 Å². The third-order valence-corrected chi connectivity index (χ3v) is 6.99. The van der Waals surface area contributed by atoms with Crippen molar-refractivity contribution < 1.29 is 13.9 Å². The van der Waals surface area contributed by atoms with Gasteiger partial charge in [0, 0.05) is 0 Å². The van der Waals surface area contributed by atoms with Gasteiger partial charge in [-0.2, -0.15) is 0 Å². The van der Waals surface area contributed by atoms with E-state index in [4.69, 9.17) is 9.47 Å². The summed E-state index contributed by atoms with van der Waals surface area (Å²) in [6, 6.07) is 18.4. The first-order valence-electron chi connectivity index (χ1n) is 12.9. The number of ether oxygens (including phenoxy) is 2. The zero-order valence-corrected chi connectivity index (χ0v) is 20.8. The molecule has 0 unspecified atom stereocenters. The molecule has 0 amide bonds. The predicted molar refractivity (Wildman–Crippen MR) is 139 cm³/mol. The van der Waals surface area contributed by atoms with E-state index < -0.39 is 0 Å². The van der Waals surface area contributed by atoms with Crippen LogP contribution in [0, 0.1) is 12.7 Å². The number of hydrogen-bond acceptors (Lipinski definition) is 2. The van der Waals surface area contributed by atoms with Crippen molar-refractivity contribution in [3.05, 3.63) is 77.1 Å². The smallest absolute Gasteiger partial charge is 0.126 e. The van der Waals surface area contributed by atoms with Crippen LogP contribution in [-0.2, 0) is 17.6 Å². The van der Waals surface area contributed by atoms with Crippen LogP contribution in [0.1, 0.15) is 62.6 Å². The number of hydrogen-bond donors (Lipinski definition) is 0. The summed E-state index contributed by atoms with van der Waals surface area (Å²) in [5, 5.41) is 0. The SMILES string of the molecule is CCc1cc(-c2ccc(-c3ccc(C)c(F)c3)cc2CC)ccc1OCCOC1CCCCC1. The van der Waals surface area contributed by atoms with Crippen LogP contribution in [0.3, 0.4) is 0 Å². The predicted octanol–water partition coefficient (Wildman–Crippen LogP) is 8.32. The van der Waals surface area contributed by atoms with Crippen molar-refractivity contribution >= 4 is 0 Å². The van der Waals surface area contributed by atoms with Crippen LogP contribution >= 0.6 is 0 Å². The fraction of sp³-hybridized carbons (Fsp3) is 0.419. The minimum absolute atomic E-state index is 0.160. The fourth-order valence-corrected chi connectivity index (χ4v) is 4.88. The van der Waals surface area contributed by atoms with Gasteiger partial charge in [-0.3, -0.25) is 0 Å². The first-order valence-corrected chi connectivity index (χ1v) is 12.9. The van der Waals surface area contributed by atoms with E-state index in [1.54, 1.807) is 13.0 Å². The zero-order valence-electron chi connectivity index (χ0n) is 20.8. The van der Waals surface area contributed by atoms with Crippen LogP contribution in [-0.4, -0.2) is 19.3 Å². The zero-order chi connectivity index (χ0) is 23.9. The largest absolute Gasteiger partial charge is 0.491 e. The summed E-state index contributed by atoms with van der Waals surface area (Å²) in [6.07, 6.45) is 8.53. The molecule has 2 nitrogen and oxygen atoms in total. The van der Waals surface area contributed by atoms with Gasteiger partial charge in [-0.15, -0.1) is 0 Å². The maximum absolute atomic E-state index is 14.1. The Morgan fingerprint density at radius 1 is 0.765 bits per heavy atom. The highest BCUT2D eigenvalue weighted by atomic mass is 19.1. The molecular formula is C31H37FO2. The molecule has 0 bridgehead atoms. The summed E-state index contributed by atoms with van der Waals surface area (Å²) in [6.45, 7) is 7.37. The van der Waals surface area contributed by atoms with E-state index >= 15 is 0 Å². The maximum atomic E-state index is 14.1. The van der Waals surface area contributed by atoms with Gasteiger partial charge in [-0.1, -0.05) is 69.5 Å². The second-order valence-electron chi connectivity index (χ2n) is 9.34. The first-order chi connectivity index (χ1) is 16.6. The Morgan fingerprint density at radius 2 is 1.44 bits per heavy atom. The quantitative estimate of drug-likeness (QED) is 0.299. The van der Waals surface area contributed by atoms with Crippen molar-refractivity contribution in [3.63, 3.8) is 0 Å². The van der Waals surface area contributed by atoms with Gasteiger partial charge in [0.05, 0.1) is 12.7 Å². The molecule has 34 heavy (non-hydrogen) atoms. The summed E-state index contributed by atoms with van der Waals surface area (Å²) in [5.41, 5.74) is 7.52. The number of halogens is 1. The molecule has 0 aromatic heterocycles. The van der Waals surface area contributed by atoms with Crippen LogP contribution in [0.5, 0.6) is 5.75 Å². The summed E-state index contributed by atoms with van der Waals surface area (Å²) in [7, 11) is 0. The molecule has 3 aromatic carbocycles. The van der Waals surface area contributed by atoms with Gasteiger partial charge >= 0.3 is 0 Å². The molecule has 0 saturated heterocycles. The lowest BCUT2D eigenvalue weighted by molar-refractivity contribution is 0.0128. The molecule has 180 valence electrons. The van der Waals surface area contributed by atoms with Crippen molar-refractivity contribution in [2.24, 2.45) is 0 Å². The van der Waals surface area contributed by atoms with Crippen molar-refractivity contribution in [2.45, 2.75) is 71.8 Å². The van der Waals surface area contributed by atoms with Gasteiger partial charge in [0.1, 0.15) is 18.2 Å². The Balaban J connectivity index is 1.48. The van der Waals surface area contributed by atoms with Crippen LogP contribution < -0.4 is 4.74 Å². The topological polar surface area (TPSA) is 18.5 Å². The van der Waals surface area contributed by atoms with E-state index in [9.17, 15) is 4.39 Å². The third-order valence-electron chi connectivity index (χ3n) is 6.99. The highest BCUT2D eigenvalue weighted by molar-refractivity contribution is 5.75. The first kappa shape index (κ1) is 24.5. The monoisotopic (exact) mass is 460 g/mol. The molecule has 0 N–H and O–H groups in total. The van der Waals surface area contributed by atoms with Gasteiger partial charge < -0.3 is 9.47 Å². The number of benzene rings is 3. The maximum Gasteiger partial charge on any atom is 0.126 e. The molecular weight excluding hydrogens is 423 g/mol. The van der Waals surface area contributed by atoms with Crippen molar-refractivity contribution in [2.75, 3.05) is 13.2 Å². The summed E-state index contributed by atoms with van der Waals surface area (Å²) in [4.78, 5) is 0. The summed E-state index contributed by atoms with van der Waals surface area (Å²) < 4.78 is 26.2. The van der Waals surface area contributed by atoms with Gasteiger partial charge in [-0.25, -0.2) is 4.39 Å². The van der Waals surface area contributed by atoms with E-state index in [2.05, 4.69) is 50.2 Å². The van der Waals surface area contributed by atoms with E-state index in [1.807, 2.05) is 12.1 Å². The standard InChI is InChI=1S/C31H37FO2/c1-4-23-19-25(26-12-11-22(3)30(32)21-26)13-15-29(23)27-14-16-31(24(5-2)20-27)34-18-17-33-28-9-7-6-8-10-28/h11-16,19-21,28H,4-10,17-18H2,1-3H3. The fourth-order valence-electron chi connectivity index (χ4n) is 4.88. The van der Waals surface area contributed by atoms with E-state index in [1.165, 1.54) is 54.4 Å². The Kier molecular flexibility index (Phi) is 8.39. The normalized spacial score (nSPS) is 14.4. The molecule has 3 heteroatoms. The molecule has 4 rings (SSSR count). The Bertz CT molecular complexity index is 1100. The van der Waals surface area contributed by atoms with Gasteiger partial charge in [0.2, 0.25) is 0 Å².